The van der Waals surface area contributed by atoms with Crippen molar-refractivity contribution in [2.24, 2.45) is 5.73 Å². The van der Waals surface area contributed by atoms with Gasteiger partial charge in [-0.15, -0.1) is 0 Å². The van der Waals surface area contributed by atoms with Crippen LogP contribution in [0.1, 0.15) is 36.2 Å². The normalized spacial score (nSPS) is 20.1. The highest BCUT2D eigenvalue weighted by atomic mass is 16.2. The molecule has 1 saturated heterocycles. The molecule has 1 fully saturated rings. The summed E-state index contributed by atoms with van der Waals surface area (Å²) in [6.07, 6.45) is 3.91. The van der Waals surface area contributed by atoms with Gasteiger partial charge in [-0.25, -0.2) is 0 Å². The molecule has 0 saturated carbocycles. The van der Waals surface area contributed by atoms with E-state index in [9.17, 15) is 4.79 Å². The molecule has 4 nitrogen and oxygen atoms in total. The number of rotatable bonds is 3. The molecular weight excluding hydrogens is 250 g/mol. The number of benzene rings is 1. The first-order valence-corrected chi connectivity index (χ1v) is 7.01. The summed E-state index contributed by atoms with van der Waals surface area (Å²) in [7, 11) is 0. The van der Waals surface area contributed by atoms with Crippen LogP contribution in [0, 0.1) is 0 Å². The van der Waals surface area contributed by atoms with Crippen LogP contribution in [0.4, 0.5) is 0 Å². The van der Waals surface area contributed by atoms with E-state index in [1.54, 1.807) is 0 Å². The number of aromatic nitrogens is 1. The van der Waals surface area contributed by atoms with E-state index in [1.165, 1.54) is 0 Å². The third-order valence-electron chi connectivity index (χ3n) is 3.94. The number of nitrogens with two attached hydrogens (primary N) is 1. The summed E-state index contributed by atoms with van der Waals surface area (Å²) in [5.41, 5.74) is 8.10. The molecule has 1 aliphatic heterocycles. The molecule has 0 bridgehead atoms. The zero-order chi connectivity index (χ0) is 13.9. The van der Waals surface area contributed by atoms with Gasteiger partial charge < -0.3 is 15.6 Å². The molecule has 1 aromatic carbocycles. The standard InChI is InChI=1S/C16H19N3O/c17-15(12-6-2-1-3-7-12)16(20)19-11-5-9-14(19)13-8-4-10-18-13/h1-4,6-8,10,14-15,18H,5,9,11,17H2/t14?,15-/m0/s1. The lowest BCUT2D eigenvalue weighted by atomic mass is 10.1. The lowest BCUT2D eigenvalue weighted by Crippen LogP contribution is -2.38. The van der Waals surface area contributed by atoms with Gasteiger partial charge in [0.1, 0.15) is 6.04 Å². The van der Waals surface area contributed by atoms with Crippen LogP contribution in [0.3, 0.4) is 0 Å². The van der Waals surface area contributed by atoms with Gasteiger partial charge >= 0.3 is 0 Å². The highest BCUT2D eigenvalue weighted by Crippen LogP contribution is 2.32. The molecule has 20 heavy (non-hydrogen) atoms. The number of H-pyrrole nitrogens is 1. The molecule has 0 spiro atoms. The van der Waals surface area contributed by atoms with Crippen LogP contribution in [0.2, 0.25) is 0 Å². The minimum Gasteiger partial charge on any atom is -0.363 e. The van der Waals surface area contributed by atoms with Crippen molar-refractivity contribution in [1.29, 1.82) is 0 Å². The maximum atomic E-state index is 12.6. The number of aromatic amines is 1. The van der Waals surface area contributed by atoms with Gasteiger partial charge in [-0.05, 0) is 30.5 Å². The molecule has 0 radical (unpaired) electrons. The summed E-state index contributed by atoms with van der Waals surface area (Å²) in [5, 5.41) is 0. The Morgan fingerprint density at radius 1 is 1.25 bits per heavy atom. The minimum atomic E-state index is -0.577. The molecule has 104 valence electrons. The van der Waals surface area contributed by atoms with Crippen LogP contribution >= 0.6 is 0 Å². The Hall–Kier alpha value is -2.07. The Morgan fingerprint density at radius 2 is 2.05 bits per heavy atom. The number of likely N-dealkylation sites (tertiary alicyclic amines) is 1. The second-order valence-corrected chi connectivity index (χ2v) is 5.20. The van der Waals surface area contributed by atoms with Crippen LogP contribution in [0.15, 0.2) is 48.7 Å². The van der Waals surface area contributed by atoms with Crippen LogP contribution in [-0.2, 0) is 4.79 Å². The van der Waals surface area contributed by atoms with E-state index in [2.05, 4.69) is 4.98 Å². The van der Waals surface area contributed by atoms with E-state index >= 15 is 0 Å². The molecule has 2 atom stereocenters. The molecule has 1 amide bonds. The zero-order valence-electron chi connectivity index (χ0n) is 11.3. The molecule has 1 aliphatic rings. The van der Waals surface area contributed by atoms with Gasteiger partial charge in [-0.2, -0.15) is 0 Å². The summed E-state index contributed by atoms with van der Waals surface area (Å²) in [4.78, 5) is 17.8. The van der Waals surface area contributed by atoms with Gasteiger partial charge in [0.15, 0.2) is 0 Å². The Kier molecular flexibility index (Phi) is 3.56. The quantitative estimate of drug-likeness (QED) is 0.898. The number of carbonyl (C=O) groups is 1. The SMILES string of the molecule is N[C@H](C(=O)N1CCCC1c1ccc[nH]1)c1ccccc1. The van der Waals surface area contributed by atoms with Crippen LogP contribution in [0.5, 0.6) is 0 Å². The second-order valence-electron chi connectivity index (χ2n) is 5.20. The van der Waals surface area contributed by atoms with Crippen molar-refractivity contribution in [1.82, 2.24) is 9.88 Å². The van der Waals surface area contributed by atoms with Gasteiger partial charge in [-0.1, -0.05) is 30.3 Å². The number of hydrogen-bond acceptors (Lipinski definition) is 2. The molecule has 1 unspecified atom stereocenters. The van der Waals surface area contributed by atoms with Crippen molar-refractivity contribution in [2.75, 3.05) is 6.54 Å². The van der Waals surface area contributed by atoms with E-state index in [0.717, 1.165) is 30.6 Å². The predicted molar refractivity (Wildman–Crippen MR) is 77.9 cm³/mol. The lowest BCUT2D eigenvalue weighted by molar-refractivity contribution is -0.133. The van der Waals surface area contributed by atoms with Crippen LogP contribution in [-0.4, -0.2) is 22.3 Å². The van der Waals surface area contributed by atoms with Gasteiger partial charge in [-0.3, -0.25) is 4.79 Å². The fourth-order valence-electron chi connectivity index (χ4n) is 2.89. The highest BCUT2D eigenvalue weighted by Gasteiger charge is 2.33. The first-order valence-electron chi connectivity index (χ1n) is 7.01. The molecule has 1 aromatic heterocycles. The fourth-order valence-corrected chi connectivity index (χ4v) is 2.89. The summed E-state index contributed by atoms with van der Waals surface area (Å²) in [6.45, 7) is 0.781. The number of carbonyl (C=O) groups excluding carboxylic acids is 1. The zero-order valence-corrected chi connectivity index (χ0v) is 11.3. The lowest BCUT2D eigenvalue weighted by Gasteiger charge is -2.27. The first kappa shape index (κ1) is 12.9. The highest BCUT2D eigenvalue weighted by molar-refractivity contribution is 5.83. The Balaban J connectivity index is 1.79. The van der Waals surface area contributed by atoms with Crippen molar-refractivity contribution < 1.29 is 4.79 Å². The van der Waals surface area contributed by atoms with Crippen molar-refractivity contribution >= 4 is 5.91 Å². The topological polar surface area (TPSA) is 62.1 Å². The number of amides is 1. The third-order valence-corrected chi connectivity index (χ3v) is 3.94. The van der Waals surface area contributed by atoms with Crippen molar-refractivity contribution in [3.63, 3.8) is 0 Å². The third kappa shape index (κ3) is 2.34. The van der Waals surface area contributed by atoms with E-state index in [1.807, 2.05) is 53.6 Å². The average Bonchev–Trinajstić information content (AvgIpc) is 3.16. The van der Waals surface area contributed by atoms with Gasteiger partial charge in [0, 0.05) is 18.4 Å². The van der Waals surface area contributed by atoms with Crippen LogP contribution in [0.25, 0.3) is 0 Å². The van der Waals surface area contributed by atoms with Crippen molar-refractivity contribution in [2.45, 2.75) is 24.9 Å². The summed E-state index contributed by atoms with van der Waals surface area (Å²) in [5.74, 6) is 0.00769. The number of hydrogen-bond donors (Lipinski definition) is 2. The molecule has 0 aliphatic carbocycles. The monoisotopic (exact) mass is 269 g/mol. The van der Waals surface area contributed by atoms with Crippen LogP contribution < -0.4 is 5.73 Å². The Labute approximate surface area is 118 Å². The summed E-state index contributed by atoms with van der Waals surface area (Å²) in [6, 6.07) is 13.1. The van der Waals surface area contributed by atoms with E-state index in [-0.39, 0.29) is 11.9 Å². The molecule has 2 heterocycles. The van der Waals surface area contributed by atoms with Gasteiger partial charge in [0.2, 0.25) is 5.91 Å². The largest absolute Gasteiger partial charge is 0.363 e. The Morgan fingerprint density at radius 3 is 2.75 bits per heavy atom. The second kappa shape index (κ2) is 5.51. The van der Waals surface area contributed by atoms with Gasteiger partial charge in [0.05, 0.1) is 6.04 Å². The van der Waals surface area contributed by atoms with E-state index in [0.29, 0.717) is 0 Å². The molecular formula is C16H19N3O. The summed E-state index contributed by atoms with van der Waals surface area (Å²) < 4.78 is 0. The average molecular weight is 269 g/mol. The number of nitrogens with one attached hydrogen (secondary N) is 1. The van der Waals surface area contributed by atoms with Gasteiger partial charge in [0.25, 0.3) is 0 Å². The van der Waals surface area contributed by atoms with E-state index in [4.69, 9.17) is 5.73 Å². The molecule has 2 aromatic rings. The predicted octanol–water partition coefficient (Wildman–Crippen LogP) is 2.38. The molecule has 3 N–H and O–H groups in total. The van der Waals surface area contributed by atoms with Crippen molar-refractivity contribution in [3.05, 3.63) is 59.9 Å². The number of nitrogens with zero attached hydrogens (tertiary/aromatic N) is 1. The maximum Gasteiger partial charge on any atom is 0.244 e. The van der Waals surface area contributed by atoms with E-state index < -0.39 is 6.04 Å². The maximum absolute atomic E-state index is 12.6. The minimum absolute atomic E-state index is 0.00769. The molecule has 3 rings (SSSR count). The van der Waals surface area contributed by atoms with Crippen molar-refractivity contribution in [3.8, 4) is 0 Å². The Bertz CT molecular complexity index is 565. The first-order chi connectivity index (χ1) is 9.77. The molecule has 4 heteroatoms. The summed E-state index contributed by atoms with van der Waals surface area (Å²) >= 11 is 0. The fraction of sp³-hybridized carbons (Fsp3) is 0.312. The smallest absolute Gasteiger partial charge is 0.244 e.